The van der Waals surface area contributed by atoms with Gasteiger partial charge in [-0.25, -0.2) is 4.98 Å². The number of nitrogen functional groups attached to an aromatic ring is 1. The molecule has 3 aromatic rings. The van der Waals surface area contributed by atoms with Gasteiger partial charge in [0.1, 0.15) is 11.5 Å². The SMILES string of the molecule is Cc1cc(N)ccc1Oc1ccc2c(c1)ncn2C1CC1. The first kappa shape index (κ1) is 12.3. The van der Waals surface area contributed by atoms with Crippen LogP contribution in [0.4, 0.5) is 5.69 Å². The predicted molar refractivity (Wildman–Crippen MR) is 83.7 cm³/mol. The molecule has 1 aliphatic rings. The molecule has 4 nitrogen and oxygen atoms in total. The quantitative estimate of drug-likeness (QED) is 0.736. The summed E-state index contributed by atoms with van der Waals surface area (Å²) in [5.74, 6) is 1.63. The Bertz CT molecular complexity index is 818. The highest BCUT2D eigenvalue weighted by atomic mass is 16.5. The molecule has 1 aromatic heterocycles. The van der Waals surface area contributed by atoms with Crippen molar-refractivity contribution in [2.45, 2.75) is 25.8 Å². The van der Waals surface area contributed by atoms with Gasteiger partial charge in [-0.05, 0) is 55.7 Å². The van der Waals surface area contributed by atoms with Gasteiger partial charge < -0.3 is 15.0 Å². The number of aromatic nitrogens is 2. The molecule has 1 fully saturated rings. The fourth-order valence-electron chi connectivity index (χ4n) is 2.63. The molecule has 21 heavy (non-hydrogen) atoms. The van der Waals surface area contributed by atoms with E-state index in [-0.39, 0.29) is 0 Å². The predicted octanol–water partition coefficient (Wildman–Crippen LogP) is 4.05. The van der Waals surface area contributed by atoms with Crippen LogP contribution in [0, 0.1) is 6.92 Å². The first-order valence-corrected chi connectivity index (χ1v) is 7.21. The van der Waals surface area contributed by atoms with Crippen molar-refractivity contribution in [3.8, 4) is 11.5 Å². The fraction of sp³-hybridized carbons (Fsp3) is 0.235. The number of benzene rings is 2. The zero-order valence-corrected chi connectivity index (χ0v) is 11.9. The van der Waals surface area contributed by atoms with E-state index in [0.29, 0.717) is 6.04 Å². The molecule has 0 atom stereocenters. The van der Waals surface area contributed by atoms with E-state index in [1.165, 1.54) is 18.4 Å². The van der Waals surface area contributed by atoms with Crippen molar-refractivity contribution >= 4 is 16.7 Å². The van der Waals surface area contributed by atoms with E-state index in [4.69, 9.17) is 10.5 Å². The van der Waals surface area contributed by atoms with Crippen molar-refractivity contribution in [1.29, 1.82) is 0 Å². The van der Waals surface area contributed by atoms with Crippen LogP contribution >= 0.6 is 0 Å². The van der Waals surface area contributed by atoms with E-state index in [1.807, 2.05) is 43.6 Å². The third-order valence-corrected chi connectivity index (χ3v) is 3.91. The summed E-state index contributed by atoms with van der Waals surface area (Å²) >= 11 is 0. The minimum atomic E-state index is 0.640. The molecule has 0 spiro atoms. The number of anilines is 1. The zero-order valence-electron chi connectivity index (χ0n) is 11.9. The van der Waals surface area contributed by atoms with Crippen LogP contribution in [0.3, 0.4) is 0 Å². The van der Waals surface area contributed by atoms with Crippen molar-refractivity contribution in [1.82, 2.24) is 9.55 Å². The lowest BCUT2D eigenvalue weighted by Crippen LogP contribution is -1.92. The van der Waals surface area contributed by atoms with Gasteiger partial charge in [-0.1, -0.05) is 0 Å². The number of aryl methyl sites for hydroxylation is 1. The maximum atomic E-state index is 5.95. The highest BCUT2D eigenvalue weighted by Gasteiger charge is 2.24. The van der Waals surface area contributed by atoms with E-state index in [9.17, 15) is 0 Å². The number of nitrogens with two attached hydrogens (primary N) is 1. The van der Waals surface area contributed by atoms with Crippen molar-refractivity contribution in [3.63, 3.8) is 0 Å². The van der Waals surface area contributed by atoms with E-state index in [0.717, 1.165) is 28.3 Å². The fourth-order valence-corrected chi connectivity index (χ4v) is 2.63. The van der Waals surface area contributed by atoms with E-state index < -0.39 is 0 Å². The standard InChI is InChI=1S/C17H17N3O/c1-11-8-12(18)2-7-17(11)21-14-5-6-16-15(9-14)19-10-20(16)13-3-4-13/h2,5-10,13H,3-4,18H2,1H3. The molecule has 106 valence electrons. The lowest BCUT2D eigenvalue weighted by atomic mass is 10.2. The first-order chi connectivity index (χ1) is 10.2. The van der Waals surface area contributed by atoms with Crippen LogP contribution < -0.4 is 10.5 Å². The number of hydrogen-bond donors (Lipinski definition) is 1. The zero-order chi connectivity index (χ0) is 14.4. The largest absolute Gasteiger partial charge is 0.457 e. The van der Waals surface area contributed by atoms with Gasteiger partial charge in [0.15, 0.2) is 0 Å². The van der Waals surface area contributed by atoms with Crippen molar-refractivity contribution in [3.05, 3.63) is 48.3 Å². The van der Waals surface area contributed by atoms with Gasteiger partial charge >= 0.3 is 0 Å². The Labute approximate surface area is 123 Å². The maximum Gasteiger partial charge on any atom is 0.130 e. The Morgan fingerprint density at radius 2 is 2.05 bits per heavy atom. The average molecular weight is 279 g/mol. The maximum absolute atomic E-state index is 5.95. The van der Waals surface area contributed by atoms with Gasteiger partial charge in [0, 0.05) is 17.8 Å². The molecule has 1 saturated carbocycles. The number of imidazole rings is 1. The summed E-state index contributed by atoms with van der Waals surface area (Å²) in [6, 6.07) is 12.4. The number of nitrogens with zero attached hydrogens (tertiary/aromatic N) is 2. The van der Waals surface area contributed by atoms with Crippen LogP contribution in [0.25, 0.3) is 11.0 Å². The van der Waals surface area contributed by atoms with Gasteiger partial charge in [0.2, 0.25) is 0 Å². The Balaban J connectivity index is 1.67. The van der Waals surface area contributed by atoms with Crippen LogP contribution in [0.5, 0.6) is 11.5 Å². The van der Waals surface area contributed by atoms with Crippen LogP contribution in [0.2, 0.25) is 0 Å². The lowest BCUT2D eigenvalue weighted by molar-refractivity contribution is 0.479. The Hall–Kier alpha value is -2.49. The monoisotopic (exact) mass is 279 g/mol. The summed E-state index contributed by atoms with van der Waals surface area (Å²) in [6.45, 7) is 1.99. The molecule has 0 amide bonds. The minimum Gasteiger partial charge on any atom is -0.457 e. The second-order valence-corrected chi connectivity index (χ2v) is 5.66. The second kappa shape index (κ2) is 4.52. The lowest BCUT2D eigenvalue weighted by Gasteiger charge is -2.09. The highest BCUT2D eigenvalue weighted by molar-refractivity contribution is 5.77. The van der Waals surface area contributed by atoms with Gasteiger partial charge in [-0.15, -0.1) is 0 Å². The summed E-state index contributed by atoms with van der Waals surface area (Å²) in [4.78, 5) is 4.48. The molecule has 0 bridgehead atoms. The Kier molecular flexibility index (Phi) is 2.64. The molecule has 0 unspecified atom stereocenters. The van der Waals surface area contributed by atoms with Gasteiger partial charge in [-0.2, -0.15) is 0 Å². The molecular weight excluding hydrogens is 262 g/mol. The van der Waals surface area contributed by atoms with Gasteiger partial charge in [0.25, 0.3) is 0 Å². The molecule has 0 radical (unpaired) electrons. The van der Waals surface area contributed by atoms with E-state index in [1.54, 1.807) is 0 Å². The number of ether oxygens (including phenoxy) is 1. The third kappa shape index (κ3) is 2.23. The van der Waals surface area contributed by atoms with Crippen molar-refractivity contribution in [2.24, 2.45) is 0 Å². The summed E-state index contributed by atoms with van der Waals surface area (Å²) in [5, 5.41) is 0. The Morgan fingerprint density at radius 1 is 1.19 bits per heavy atom. The molecule has 4 heteroatoms. The summed E-state index contributed by atoms with van der Waals surface area (Å²) in [7, 11) is 0. The first-order valence-electron chi connectivity index (χ1n) is 7.21. The molecule has 0 saturated heterocycles. The van der Waals surface area contributed by atoms with Gasteiger partial charge in [-0.3, -0.25) is 0 Å². The van der Waals surface area contributed by atoms with E-state index in [2.05, 4.69) is 15.6 Å². The second-order valence-electron chi connectivity index (χ2n) is 5.66. The van der Waals surface area contributed by atoms with Crippen LogP contribution in [0.15, 0.2) is 42.7 Å². The molecule has 4 rings (SSSR count). The highest BCUT2D eigenvalue weighted by Crippen LogP contribution is 2.38. The normalized spacial score (nSPS) is 14.5. The van der Waals surface area contributed by atoms with Crippen LogP contribution in [-0.2, 0) is 0 Å². The molecule has 0 aliphatic heterocycles. The van der Waals surface area contributed by atoms with Gasteiger partial charge in [0.05, 0.1) is 17.4 Å². The van der Waals surface area contributed by atoms with Crippen molar-refractivity contribution in [2.75, 3.05) is 5.73 Å². The van der Waals surface area contributed by atoms with Crippen LogP contribution in [0.1, 0.15) is 24.4 Å². The average Bonchev–Trinajstić information content (AvgIpc) is 3.22. The molecular formula is C17H17N3O. The number of rotatable bonds is 3. The summed E-state index contributed by atoms with van der Waals surface area (Å²) in [6.07, 6.45) is 4.45. The van der Waals surface area contributed by atoms with Crippen molar-refractivity contribution < 1.29 is 4.74 Å². The summed E-state index contributed by atoms with van der Waals surface area (Å²) < 4.78 is 8.21. The topological polar surface area (TPSA) is 53.1 Å². The summed E-state index contributed by atoms with van der Waals surface area (Å²) in [5.41, 5.74) is 9.70. The van der Waals surface area contributed by atoms with Crippen LogP contribution in [-0.4, -0.2) is 9.55 Å². The smallest absolute Gasteiger partial charge is 0.130 e. The number of hydrogen-bond acceptors (Lipinski definition) is 3. The third-order valence-electron chi connectivity index (χ3n) is 3.91. The van der Waals surface area contributed by atoms with E-state index >= 15 is 0 Å². The molecule has 1 heterocycles. The Morgan fingerprint density at radius 3 is 2.81 bits per heavy atom. The minimum absolute atomic E-state index is 0.640. The number of fused-ring (bicyclic) bond motifs is 1. The molecule has 2 aromatic carbocycles. The molecule has 1 aliphatic carbocycles. The molecule has 2 N–H and O–H groups in total.